The second kappa shape index (κ2) is 5.22. The zero-order valence-electron chi connectivity index (χ0n) is 11.3. The van der Waals surface area contributed by atoms with E-state index < -0.39 is 5.97 Å². The monoisotopic (exact) mass is 301 g/mol. The number of aryl methyl sites for hydroxylation is 1. The second-order valence-electron chi connectivity index (χ2n) is 4.67. The van der Waals surface area contributed by atoms with E-state index in [2.05, 4.69) is 0 Å². The molecule has 3 aromatic rings. The first kappa shape index (κ1) is 13.6. The highest BCUT2D eigenvalue weighted by molar-refractivity contribution is 6.26. The molecule has 0 unspecified atom stereocenters. The summed E-state index contributed by atoms with van der Waals surface area (Å²) in [6.45, 7) is 0. The molecule has 0 aliphatic carbocycles. The van der Waals surface area contributed by atoms with Crippen molar-refractivity contribution in [2.75, 3.05) is 5.88 Å². The van der Waals surface area contributed by atoms with Gasteiger partial charge in [-0.1, -0.05) is 24.3 Å². The van der Waals surface area contributed by atoms with Crippen molar-refractivity contribution in [3.05, 3.63) is 52.8 Å². The van der Waals surface area contributed by atoms with E-state index >= 15 is 0 Å². The molecule has 21 heavy (non-hydrogen) atoms. The number of benzene rings is 2. The number of hydrogen-bond acceptors (Lipinski definition) is 3. The number of para-hydroxylation sites is 1. The average Bonchev–Trinajstić information content (AvgIpc) is 2.52. The van der Waals surface area contributed by atoms with Crippen molar-refractivity contribution in [1.29, 1.82) is 0 Å². The van der Waals surface area contributed by atoms with Gasteiger partial charge in [0.2, 0.25) is 0 Å². The quantitative estimate of drug-likeness (QED) is 0.316. The van der Waals surface area contributed by atoms with Gasteiger partial charge in [0.15, 0.2) is 0 Å². The van der Waals surface area contributed by atoms with E-state index in [1.165, 1.54) is 0 Å². The number of carbonyl (C=O) groups is 1. The fraction of sp³-hybridized carbons (Fsp3) is 0.125. The number of nitrogens with zero attached hydrogens (tertiary/aromatic N) is 1. The van der Waals surface area contributed by atoms with Crippen molar-refractivity contribution in [2.24, 2.45) is 7.05 Å². The molecule has 2 aromatic carbocycles. The summed E-state index contributed by atoms with van der Waals surface area (Å²) >= 11 is 5.49. The molecule has 0 N–H and O–H groups in total. The first-order valence-electron chi connectivity index (χ1n) is 6.40. The van der Waals surface area contributed by atoms with Crippen LogP contribution in [0.5, 0.6) is 5.75 Å². The van der Waals surface area contributed by atoms with Crippen LogP contribution in [0.4, 0.5) is 0 Å². The third-order valence-corrected chi connectivity index (χ3v) is 3.65. The minimum absolute atomic E-state index is 0.132. The van der Waals surface area contributed by atoms with Gasteiger partial charge in [-0.25, -0.2) is 0 Å². The summed E-state index contributed by atoms with van der Waals surface area (Å²) in [5.74, 6) is -0.430. The van der Waals surface area contributed by atoms with Gasteiger partial charge in [0.05, 0.1) is 10.9 Å². The smallest absolute Gasteiger partial charge is 0.326 e. The molecule has 0 atom stereocenters. The molecule has 5 heteroatoms. The molecular weight excluding hydrogens is 290 g/mol. The number of esters is 1. The first-order valence-corrected chi connectivity index (χ1v) is 6.94. The van der Waals surface area contributed by atoms with E-state index in [9.17, 15) is 9.59 Å². The van der Waals surface area contributed by atoms with Crippen molar-refractivity contribution in [1.82, 2.24) is 4.57 Å². The third-order valence-electron chi connectivity index (χ3n) is 3.43. The molecule has 0 bridgehead atoms. The maximum atomic E-state index is 12.4. The summed E-state index contributed by atoms with van der Waals surface area (Å²) in [4.78, 5) is 23.9. The number of hydrogen-bond donors (Lipinski definition) is 0. The van der Waals surface area contributed by atoms with Gasteiger partial charge in [0, 0.05) is 17.8 Å². The number of fused-ring (bicyclic) bond motifs is 3. The standard InChI is InChI=1S/C16H12ClNO3/c1-18-12-7-3-2-5-10(12)15-11(16(18)20)6-4-8-13(15)21-14(19)9-17/h2-8H,9H2,1H3. The van der Waals surface area contributed by atoms with Gasteiger partial charge in [0.25, 0.3) is 5.56 Å². The molecular formula is C16H12ClNO3. The first-order chi connectivity index (χ1) is 10.1. The van der Waals surface area contributed by atoms with Crippen LogP contribution in [-0.4, -0.2) is 16.4 Å². The Labute approximate surface area is 125 Å². The van der Waals surface area contributed by atoms with Crippen LogP contribution < -0.4 is 10.3 Å². The SMILES string of the molecule is Cn1c(=O)c2cccc(OC(=O)CCl)c2c2ccccc21. The Bertz CT molecular complexity index is 914. The third kappa shape index (κ3) is 2.17. The second-order valence-corrected chi connectivity index (χ2v) is 4.93. The summed E-state index contributed by atoms with van der Waals surface area (Å²) in [6.07, 6.45) is 0. The molecule has 0 aliphatic rings. The van der Waals surface area contributed by atoms with Gasteiger partial charge in [-0.3, -0.25) is 9.59 Å². The number of carbonyl (C=O) groups excluding carboxylic acids is 1. The van der Waals surface area contributed by atoms with Gasteiger partial charge < -0.3 is 9.30 Å². The Hall–Kier alpha value is -2.33. The van der Waals surface area contributed by atoms with E-state index in [4.69, 9.17) is 16.3 Å². The Morgan fingerprint density at radius 2 is 1.86 bits per heavy atom. The predicted molar refractivity (Wildman–Crippen MR) is 83.1 cm³/mol. The van der Waals surface area contributed by atoms with E-state index in [-0.39, 0.29) is 11.4 Å². The molecule has 0 fully saturated rings. The molecule has 4 nitrogen and oxygen atoms in total. The average molecular weight is 302 g/mol. The molecule has 106 valence electrons. The molecule has 3 rings (SSSR count). The van der Waals surface area contributed by atoms with Crippen LogP contribution in [0.15, 0.2) is 47.3 Å². The van der Waals surface area contributed by atoms with Crippen molar-refractivity contribution in [3.63, 3.8) is 0 Å². The van der Waals surface area contributed by atoms with Crippen LogP contribution in [0.25, 0.3) is 21.7 Å². The fourth-order valence-corrected chi connectivity index (χ4v) is 2.54. The van der Waals surface area contributed by atoms with E-state index in [1.807, 2.05) is 24.3 Å². The number of rotatable bonds is 2. The largest absolute Gasteiger partial charge is 0.425 e. The lowest BCUT2D eigenvalue weighted by Gasteiger charge is -2.12. The number of pyridine rings is 1. The van der Waals surface area contributed by atoms with Crippen molar-refractivity contribution < 1.29 is 9.53 Å². The molecule has 1 heterocycles. The fourth-order valence-electron chi connectivity index (χ4n) is 2.49. The Morgan fingerprint density at radius 1 is 1.14 bits per heavy atom. The Morgan fingerprint density at radius 3 is 2.62 bits per heavy atom. The molecule has 0 saturated heterocycles. The lowest BCUT2D eigenvalue weighted by Crippen LogP contribution is -2.18. The minimum atomic E-state index is -0.547. The summed E-state index contributed by atoms with van der Waals surface area (Å²) in [5.41, 5.74) is 0.650. The Balaban J connectivity index is 2.47. The van der Waals surface area contributed by atoms with Crippen LogP contribution in [-0.2, 0) is 11.8 Å². The van der Waals surface area contributed by atoms with Gasteiger partial charge in [-0.05, 0) is 18.2 Å². The van der Waals surface area contributed by atoms with Crippen LogP contribution in [0.2, 0.25) is 0 Å². The highest BCUT2D eigenvalue weighted by Crippen LogP contribution is 2.30. The maximum absolute atomic E-state index is 12.4. The highest BCUT2D eigenvalue weighted by Gasteiger charge is 2.14. The van der Waals surface area contributed by atoms with Crippen LogP contribution >= 0.6 is 11.6 Å². The minimum Gasteiger partial charge on any atom is -0.425 e. The summed E-state index contributed by atoms with van der Waals surface area (Å²) in [6, 6.07) is 12.6. The lowest BCUT2D eigenvalue weighted by molar-refractivity contribution is -0.131. The number of ether oxygens (including phenoxy) is 1. The summed E-state index contributed by atoms with van der Waals surface area (Å²) in [5, 5.41) is 2.00. The summed E-state index contributed by atoms with van der Waals surface area (Å²) in [7, 11) is 1.72. The van der Waals surface area contributed by atoms with Gasteiger partial charge in [0.1, 0.15) is 11.6 Å². The predicted octanol–water partition coefficient (Wildman–Crippen LogP) is 2.84. The van der Waals surface area contributed by atoms with Crippen LogP contribution in [0.3, 0.4) is 0 Å². The maximum Gasteiger partial charge on any atom is 0.326 e. The normalized spacial score (nSPS) is 11.0. The summed E-state index contributed by atoms with van der Waals surface area (Å²) < 4.78 is 6.85. The van der Waals surface area contributed by atoms with Crippen molar-refractivity contribution in [2.45, 2.75) is 0 Å². The number of halogens is 1. The Kier molecular flexibility index (Phi) is 3.39. The van der Waals surface area contributed by atoms with E-state index in [0.717, 1.165) is 10.9 Å². The van der Waals surface area contributed by atoms with E-state index in [0.29, 0.717) is 16.5 Å². The zero-order chi connectivity index (χ0) is 15.0. The van der Waals surface area contributed by atoms with Crippen molar-refractivity contribution >= 4 is 39.2 Å². The zero-order valence-corrected chi connectivity index (χ0v) is 12.1. The molecule has 0 radical (unpaired) electrons. The molecule has 0 spiro atoms. The van der Waals surface area contributed by atoms with Crippen LogP contribution in [0.1, 0.15) is 0 Å². The van der Waals surface area contributed by atoms with Crippen LogP contribution in [0, 0.1) is 0 Å². The molecule has 0 aliphatic heterocycles. The van der Waals surface area contributed by atoms with Gasteiger partial charge in [-0.2, -0.15) is 0 Å². The number of alkyl halides is 1. The van der Waals surface area contributed by atoms with E-state index in [1.54, 1.807) is 29.8 Å². The number of aromatic nitrogens is 1. The molecule has 0 saturated carbocycles. The lowest BCUT2D eigenvalue weighted by atomic mass is 10.1. The molecule has 0 amide bonds. The van der Waals surface area contributed by atoms with Crippen molar-refractivity contribution in [3.8, 4) is 5.75 Å². The van der Waals surface area contributed by atoms with Gasteiger partial charge in [-0.15, -0.1) is 11.6 Å². The molecule has 1 aromatic heterocycles. The topological polar surface area (TPSA) is 48.3 Å². The van der Waals surface area contributed by atoms with Gasteiger partial charge >= 0.3 is 5.97 Å². The highest BCUT2D eigenvalue weighted by atomic mass is 35.5.